The smallest absolute Gasteiger partial charge is 0.161 e. The fraction of sp³-hybridized carbons (Fsp3) is 0.375. The van der Waals surface area contributed by atoms with Crippen LogP contribution in [0.2, 0.25) is 0 Å². The van der Waals surface area contributed by atoms with Crippen molar-refractivity contribution in [3.8, 4) is 11.4 Å². The van der Waals surface area contributed by atoms with E-state index in [2.05, 4.69) is 31.2 Å². The van der Waals surface area contributed by atoms with E-state index in [-0.39, 0.29) is 5.82 Å². The summed E-state index contributed by atoms with van der Waals surface area (Å²) in [7, 11) is 1.84. The van der Waals surface area contributed by atoms with Gasteiger partial charge in [-0.2, -0.15) is 0 Å². The minimum atomic E-state index is -0.291. The fourth-order valence-corrected chi connectivity index (χ4v) is 3.30. The van der Waals surface area contributed by atoms with Gasteiger partial charge in [0.25, 0.3) is 0 Å². The van der Waals surface area contributed by atoms with Gasteiger partial charge in [-0.25, -0.2) is 14.4 Å². The van der Waals surface area contributed by atoms with Crippen LogP contribution in [0.4, 0.5) is 10.2 Å². The molecular weight excluding hydrogens is 333 g/mol. The standard InChI is InChI=1S/C16H17BrFN3/c1-19-15-9-14(10-4-2-3-5-10)20-16(21-15)11-6-12(17)8-13(18)7-11/h6-10H,2-5H2,1H3,(H,19,20,21). The zero-order valence-corrected chi connectivity index (χ0v) is 13.5. The van der Waals surface area contributed by atoms with E-state index in [9.17, 15) is 4.39 Å². The van der Waals surface area contributed by atoms with Crippen LogP contribution in [-0.2, 0) is 0 Å². The Balaban J connectivity index is 2.06. The van der Waals surface area contributed by atoms with Crippen molar-refractivity contribution in [2.75, 3.05) is 12.4 Å². The second-order valence-electron chi connectivity index (χ2n) is 5.39. The summed E-state index contributed by atoms with van der Waals surface area (Å²) in [6.45, 7) is 0. The first kappa shape index (κ1) is 14.4. The molecule has 3 nitrogen and oxygen atoms in total. The predicted molar refractivity (Wildman–Crippen MR) is 85.9 cm³/mol. The molecule has 0 atom stereocenters. The molecule has 21 heavy (non-hydrogen) atoms. The Morgan fingerprint density at radius 3 is 2.57 bits per heavy atom. The van der Waals surface area contributed by atoms with Crippen LogP contribution in [0, 0.1) is 5.82 Å². The molecule has 1 heterocycles. The van der Waals surface area contributed by atoms with Gasteiger partial charge >= 0.3 is 0 Å². The average molecular weight is 350 g/mol. The Kier molecular flexibility index (Phi) is 4.19. The summed E-state index contributed by atoms with van der Waals surface area (Å²) in [5.74, 6) is 1.56. The van der Waals surface area contributed by atoms with Gasteiger partial charge in [0.2, 0.25) is 0 Å². The number of halogens is 2. The van der Waals surface area contributed by atoms with Gasteiger partial charge in [0.05, 0.1) is 0 Å². The number of nitrogens with one attached hydrogen (secondary N) is 1. The Bertz CT molecular complexity index is 634. The number of benzene rings is 1. The third kappa shape index (κ3) is 3.23. The van der Waals surface area contributed by atoms with Crippen LogP contribution < -0.4 is 5.32 Å². The van der Waals surface area contributed by atoms with Crippen molar-refractivity contribution in [3.05, 3.63) is 40.2 Å². The highest BCUT2D eigenvalue weighted by Gasteiger charge is 2.20. The Hall–Kier alpha value is -1.49. The molecule has 1 aliphatic carbocycles. The van der Waals surface area contributed by atoms with E-state index in [0.29, 0.717) is 21.8 Å². The summed E-state index contributed by atoms with van der Waals surface area (Å²) in [5, 5.41) is 3.07. The Morgan fingerprint density at radius 1 is 1.14 bits per heavy atom. The molecular formula is C16H17BrFN3. The summed E-state index contributed by atoms with van der Waals surface area (Å²) in [4.78, 5) is 9.14. The van der Waals surface area contributed by atoms with Gasteiger partial charge in [-0.05, 0) is 31.0 Å². The molecule has 5 heteroatoms. The van der Waals surface area contributed by atoms with Crippen molar-refractivity contribution in [2.45, 2.75) is 31.6 Å². The molecule has 0 spiro atoms. The minimum absolute atomic E-state index is 0.291. The van der Waals surface area contributed by atoms with E-state index in [1.807, 2.05) is 19.2 Å². The van der Waals surface area contributed by atoms with Crippen LogP contribution in [0.1, 0.15) is 37.3 Å². The fourth-order valence-electron chi connectivity index (χ4n) is 2.84. The van der Waals surface area contributed by atoms with Crippen molar-refractivity contribution < 1.29 is 4.39 Å². The van der Waals surface area contributed by atoms with Crippen molar-refractivity contribution in [3.63, 3.8) is 0 Å². The molecule has 0 bridgehead atoms. The van der Waals surface area contributed by atoms with E-state index >= 15 is 0 Å². The topological polar surface area (TPSA) is 37.8 Å². The Labute approximate surface area is 132 Å². The number of hydrogen-bond acceptors (Lipinski definition) is 3. The lowest BCUT2D eigenvalue weighted by Crippen LogP contribution is -2.04. The quantitative estimate of drug-likeness (QED) is 0.869. The van der Waals surface area contributed by atoms with Crippen molar-refractivity contribution in [1.82, 2.24) is 9.97 Å². The van der Waals surface area contributed by atoms with Gasteiger partial charge in [0, 0.05) is 34.8 Å². The molecule has 0 unspecified atom stereocenters. The summed E-state index contributed by atoms with van der Waals surface area (Å²) >= 11 is 3.32. The second-order valence-corrected chi connectivity index (χ2v) is 6.31. The Morgan fingerprint density at radius 2 is 1.90 bits per heavy atom. The molecule has 110 valence electrons. The van der Waals surface area contributed by atoms with E-state index in [1.54, 1.807) is 0 Å². The van der Waals surface area contributed by atoms with Crippen molar-refractivity contribution in [1.29, 1.82) is 0 Å². The molecule has 1 N–H and O–H groups in total. The van der Waals surface area contributed by atoms with Gasteiger partial charge in [0.15, 0.2) is 5.82 Å². The SMILES string of the molecule is CNc1cc(C2CCCC2)nc(-c2cc(F)cc(Br)c2)n1. The van der Waals surface area contributed by atoms with Crippen LogP contribution >= 0.6 is 15.9 Å². The summed E-state index contributed by atoms with van der Waals surface area (Å²) in [6, 6.07) is 6.76. The summed E-state index contributed by atoms with van der Waals surface area (Å²) in [5.41, 5.74) is 1.75. The molecule has 0 aliphatic heterocycles. The highest BCUT2D eigenvalue weighted by Crippen LogP contribution is 2.34. The number of anilines is 1. The lowest BCUT2D eigenvalue weighted by atomic mass is 10.0. The van der Waals surface area contributed by atoms with Gasteiger partial charge in [0.1, 0.15) is 11.6 Å². The molecule has 0 radical (unpaired) electrons. The van der Waals surface area contributed by atoms with Crippen LogP contribution in [0.3, 0.4) is 0 Å². The van der Waals surface area contributed by atoms with Crippen molar-refractivity contribution >= 4 is 21.7 Å². The zero-order chi connectivity index (χ0) is 14.8. The largest absolute Gasteiger partial charge is 0.373 e. The first-order valence-electron chi connectivity index (χ1n) is 7.19. The molecule has 1 fully saturated rings. The maximum absolute atomic E-state index is 13.6. The second kappa shape index (κ2) is 6.10. The van der Waals surface area contributed by atoms with E-state index in [1.165, 1.54) is 37.8 Å². The van der Waals surface area contributed by atoms with E-state index < -0.39 is 0 Å². The van der Waals surface area contributed by atoms with Gasteiger partial charge in [-0.15, -0.1) is 0 Å². The third-order valence-corrected chi connectivity index (χ3v) is 4.35. The van der Waals surface area contributed by atoms with Crippen LogP contribution in [-0.4, -0.2) is 17.0 Å². The minimum Gasteiger partial charge on any atom is -0.373 e. The lowest BCUT2D eigenvalue weighted by molar-refractivity contribution is 0.627. The van der Waals surface area contributed by atoms with Gasteiger partial charge in [-0.1, -0.05) is 28.8 Å². The van der Waals surface area contributed by atoms with Crippen molar-refractivity contribution in [2.24, 2.45) is 0 Å². The van der Waals surface area contributed by atoms with Gasteiger partial charge < -0.3 is 5.32 Å². The predicted octanol–water partition coefficient (Wildman–Crippen LogP) is 4.74. The monoisotopic (exact) mass is 349 g/mol. The molecule has 1 aliphatic rings. The molecule has 0 saturated heterocycles. The normalized spacial score (nSPS) is 15.4. The first-order chi connectivity index (χ1) is 10.2. The average Bonchev–Trinajstić information content (AvgIpc) is 3.00. The zero-order valence-electron chi connectivity index (χ0n) is 11.9. The molecule has 1 aromatic carbocycles. The maximum atomic E-state index is 13.6. The van der Waals surface area contributed by atoms with Crippen LogP contribution in [0.5, 0.6) is 0 Å². The maximum Gasteiger partial charge on any atom is 0.161 e. The highest BCUT2D eigenvalue weighted by molar-refractivity contribution is 9.10. The molecule has 2 aromatic rings. The first-order valence-corrected chi connectivity index (χ1v) is 7.98. The van der Waals surface area contributed by atoms with E-state index in [4.69, 9.17) is 0 Å². The number of rotatable bonds is 3. The highest BCUT2D eigenvalue weighted by atomic mass is 79.9. The molecule has 0 amide bonds. The number of aromatic nitrogens is 2. The third-order valence-electron chi connectivity index (χ3n) is 3.90. The summed E-state index contributed by atoms with van der Waals surface area (Å²) in [6.07, 6.45) is 4.85. The van der Waals surface area contributed by atoms with Crippen LogP contribution in [0.25, 0.3) is 11.4 Å². The number of nitrogens with zero attached hydrogens (tertiary/aromatic N) is 2. The molecule has 1 saturated carbocycles. The summed E-state index contributed by atoms with van der Waals surface area (Å²) < 4.78 is 14.3. The van der Waals surface area contributed by atoms with Crippen LogP contribution in [0.15, 0.2) is 28.7 Å². The molecule has 1 aromatic heterocycles. The molecule has 3 rings (SSSR count). The lowest BCUT2D eigenvalue weighted by Gasteiger charge is -2.12. The number of hydrogen-bond donors (Lipinski definition) is 1. The van der Waals surface area contributed by atoms with E-state index in [0.717, 1.165) is 11.5 Å². The van der Waals surface area contributed by atoms with Gasteiger partial charge in [-0.3, -0.25) is 0 Å².